The van der Waals surface area contributed by atoms with Crippen molar-refractivity contribution < 1.29 is 4.74 Å². The monoisotopic (exact) mass is 507 g/mol. The molecular weight excluding hydrogens is 477 g/mol. The maximum atomic E-state index is 5.45. The predicted octanol–water partition coefficient (Wildman–Crippen LogP) is 3.69. The van der Waals surface area contributed by atoms with Crippen LogP contribution in [0.3, 0.4) is 0 Å². The van der Waals surface area contributed by atoms with E-state index < -0.39 is 0 Å². The molecule has 1 aromatic heterocycles. The van der Waals surface area contributed by atoms with E-state index in [9.17, 15) is 0 Å². The van der Waals surface area contributed by atoms with Crippen molar-refractivity contribution in [3.63, 3.8) is 0 Å². The van der Waals surface area contributed by atoms with Gasteiger partial charge in [0.05, 0.1) is 18.1 Å². The normalized spacial score (nSPS) is 11.2. The lowest BCUT2D eigenvalue weighted by molar-refractivity contribution is 0.409. The first-order chi connectivity index (χ1) is 13.6. The van der Waals surface area contributed by atoms with Gasteiger partial charge < -0.3 is 19.9 Å². The summed E-state index contributed by atoms with van der Waals surface area (Å²) in [4.78, 5) is 8.94. The maximum Gasteiger partial charge on any atom is 0.191 e. The minimum Gasteiger partial charge on any atom is -0.496 e. The quantitative estimate of drug-likeness (QED) is 0.291. The van der Waals surface area contributed by atoms with E-state index in [1.165, 1.54) is 11.1 Å². The third-order valence-corrected chi connectivity index (χ3v) is 4.82. The van der Waals surface area contributed by atoms with Crippen LogP contribution in [0.1, 0.15) is 17.0 Å². The lowest BCUT2D eigenvalue weighted by atomic mass is 10.1. The van der Waals surface area contributed by atoms with Crippen LogP contribution in [-0.2, 0) is 13.0 Å². The Balaban J connectivity index is 0.00000300. The third-order valence-electron chi connectivity index (χ3n) is 4.82. The number of hydrogen-bond donors (Lipinski definition) is 2. The number of aromatic nitrogens is 2. The van der Waals surface area contributed by atoms with Gasteiger partial charge in [0.25, 0.3) is 0 Å². The van der Waals surface area contributed by atoms with Crippen LogP contribution in [0.4, 0.5) is 0 Å². The molecule has 0 amide bonds. The molecule has 0 saturated heterocycles. The summed E-state index contributed by atoms with van der Waals surface area (Å²) in [6.07, 6.45) is 0.872. The van der Waals surface area contributed by atoms with E-state index >= 15 is 0 Å². The van der Waals surface area contributed by atoms with Crippen LogP contribution >= 0.6 is 24.0 Å². The molecule has 0 radical (unpaired) electrons. The van der Waals surface area contributed by atoms with Gasteiger partial charge in [0.2, 0.25) is 0 Å². The van der Waals surface area contributed by atoms with Gasteiger partial charge in [-0.25, -0.2) is 4.98 Å². The molecular formula is C22H30IN5O. The highest BCUT2D eigenvalue weighted by atomic mass is 127. The molecule has 29 heavy (non-hydrogen) atoms. The van der Waals surface area contributed by atoms with Gasteiger partial charge in [0.15, 0.2) is 5.96 Å². The van der Waals surface area contributed by atoms with Crippen LogP contribution in [0.25, 0.3) is 11.0 Å². The number of guanidine groups is 1. The number of ether oxygens (including phenoxy) is 1. The van der Waals surface area contributed by atoms with E-state index in [1.807, 2.05) is 31.2 Å². The number of aryl methyl sites for hydroxylation is 2. The Morgan fingerprint density at radius 1 is 1.10 bits per heavy atom. The molecule has 1 heterocycles. The fraction of sp³-hybridized carbons (Fsp3) is 0.364. The molecule has 0 aliphatic heterocycles. The first-order valence-corrected chi connectivity index (χ1v) is 9.62. The zero-order valence-electron chi connectivity index (χ0n) is 17.5. The lowest BCUT2D eigenvalue weighted by Gasteiger charge is -2.14. The Labute approximate surface area is 189 Å². The number of imidazole rings is 1. The Morgan fingerprint density at radius 2 is 1.86 bits per heavy atom. The van der Waals surface area contributed by atoms with Crippen molar-refractivity contribution in [2.75, 3.05) is 27.2 Å². The maximum absolute atomic E-state index is 5.45. The Kier molecular flexibility index (Phi) is 8.75. The molecule has 3 aromatic rings. The van der Waals surface area contributed by atoms with Crippen LogP contribution in [0.5, 0.6) is 5.75 Å². The minimum absolute atomic E-state index is 0. The van der Waals surface area contributed by atoms with Gasteiger partial charge in [-0.1, -0.05) is 29.8 Å². The van der Waals surface area contributed by atoms with Crippen molar-refractivity contribution in [1.29, 1.82) is 0 Å². The van der Waals surface area contributed by atoms with Gasteiger partial charge in [-0.05, 0) is 44.0 Å². The van der Waals surface area contributed by atoms with Gasteiger partial charge in [-0.2, -0.15) is 0 Å². The van der Waals surface area contributed by atoms with Crippen molar-refractivity contribution in [2.45, 2.75) is 26.8 Å². The van der Waals surface area contributed by atoms with E-state index in [4.69, 9.17) is 4.74 Å². The molecule has 0 atom stereocenters. The molecule has 0 unspecified atom stereocenters. The van der Waals surface area contributed by atoms with Crippen molar-refractivity contribution >= 4 is 41.0 Å². The lowest BCUT2D eigenvalue weighted by Crippen LogP contribution is -2.39. The van der Waals surface area contributed by atoms with Crippen LogP contribution in [-0.4, -0.2) is 42.8 Å². The molecule has 0 spiro atoms. The molecule has 6 nitrogen and oxygen atoms in total. The molecule has 0 bridgehead atoms. The highest BCUT2D eigenvalue weighted by Gasteiger charge is 2.07. The summed E-state index contributed by atoms with van der Waals surface area (Å²) in [6.45, 7) is 6.53. The van der Waals surface area contributed by atoms with Gasteiger partial charge in [0.1, 0.15) is 11.6 Å². The summed E-state index contributed by atoms with van der Waals surface area (Å²) in [5.41, 5.74) is 4.64. The number of methoxy groups -OCH3 is 1. The summed E-state index contributed by atoms with van der Waals surface area (Å²) in [6, 6.07) is 14.5. The molecule has 0 aliphatic rings. The second-order valence-electron chi connectivity index (χ2n) is 6.79. The minimum atomic E-state index is 0. The molecule has 0 aliphatic carbocycles. The van der Waals surface area contributed by atoms with E-state index in [0.717, 1.165) is 54.6 Å². The van der Waals surface area contributed by atoms with Crippen molar-refractivity contribution in [3.8, 4) is 5.75 Å². The van der Waals surface area contributed by atoms with Gasteiger partial charge >= 0.3 is 0 Å². The number of para-hydroxylation sites is 2. The van der Waals surface area contributed by atoms with E-state index in [1.54, 1.807) is 14.2 Å². The van der Waals surface area contributed by atoms with Gasteiger partial charge in [-0.3, -0.25) is 4.99 Å². The topological polar surface area (TPSA) is 63.5 Å². The summed E-state index contributed by atoms with van der Waals surface area (Å²) < 4.78 is 7.68. The summed E-state index contributed by atoms with van der Waals surface area (Å²) >= 11 is 0. The SMILES string of the molecule is CN=C(NCCc1cc(C)ccc1OC)NCCn1c(C)nc2ccccc21.I. The van der Waals surface area contributed by atoms with Crippen LogP contribution in [0.2, 0.25) is 0 Å². The number of halogens is 1. The van der Waals surface area contributed by atoms with Gasteiger partial charge in [0, 0.05) is 26.7 Å². The van der Waals surface area contributed by atoms with Crippen molar-refractivity contribution in [2.24, 2.45) is 4.99 Å². The fourth-order valence-electron chi connectivity index (χ4n) is 3.40. The van der Waals surface area contributed by atoms with Gasteiger partial charge in [-0.15, -0.1) is 24.0 Å². The third kappa shape index (κ3) is 5.85. The Hall–Kier alpha value is -2.29. The Bertz CT molecular complexity index is 967. The van der Waals surface area contributed by atoms with Crippen LogP contribution in [0, 0.1) is 13.8 Å². The zero-order valence-corrected chi connectivity index (χ0v) is 19.9. The summed E-state index contributed by atoms with van der Waals surface area (Å²) in [5.74, 6) is 2.75. The number of fused-ring (bicyclic) bond motifs is 1. The molecule has 3 rings (SSSR count). The van der Waals surface area contributed by atoms with E-state index in [-0.39, 0.29) is 24.0 Å². The van der Waals surface area contributed by atoms with Crippen molar-refractivity contribution in [1.82, 2.24) is 20.2 Å². The number of hydrogen-bond acceptors (Lipinski definition) is 3. The number of nitrogens with one attached hydrogen (secondary N) is 2. The van der Waals surface area contributed by atoms with Crippen molar-refractivity contribution in [3.05, 3.63) is 59.4 Å². The summed E-state index contributed by atoms with van der Waals surface area (Å²) in [5, 5.41) is 6.76. The van der Waals surface area contributed by atoms with Crippen LogP contribution < -0.4 is 15.4 Å². The molecule has 7 heteroatoms. The molecule has 0 fully saturated rings. The average Bonchev–Trinajstić information content (AvgIpc) is 3.02. The second-order valence-corrected chi connectivity index (χ2v) is 6.79. The van der Waals surface area contributed by atoms with E-state index in [0.29, 0.717) is 0 Å². The van der Waals surface area contributed by atoms with Crippen LogP contribution in [0.15, 0.2) is 47.5 Å². The molecule has 2 N–H and O–H groups in total. The first kappa shape index (κ1) is 23.0. The fourth-order valence-corrected chi connectivity index (χ4v) is 3.40. The Morgan fingerprint density at radius 3 is 2.62 bits per heavy atom. The molecule has 0 saturated carbocycles. The second kappa shape index (κ2) is 11.0. The number of aliphatic imine (C=N–C) groups is 1. The largest absolute Gasteiger partial charge is 0.496 e. The number of nitrogens with zero attached hydrogens (tertiary/aromatic N) is 3. The highest BCUT2D eigenvalue weighted by Crippen LogP contribution is 2.19. The number of benzene rings is 2. The first-order valence-electron chi connectivity index (χ1n) is 9.62. The zero-order chi connectivity index (χ0) is 19.9. The van der Waals surface area contributed by atoms with E-state index in [2.05, 4.69) is 50.3 Å². The standard InChI is InChI=1S/C22H29N5O.HI/c1-16-9-10-21(28-4)18(15-16)11-12-24-22(23-3)25-13-14-27-17(2)26-19-7-5-6-8-20(19)27;/h5-10,15H,11-14H2,1-4H3,(H2,23,24,25);1H. The highest BCUT2D eigenvalue weighted by molar-refractivity contribution is 14.0. The smallest absolute Gasteiger partial charge is 0.191 e. The molecule has 156 valence electrons. The predicted molar refractivity (Wildman–Crippen MR) is 131 cm³/mol. The average molecular weight is 507 g/mol. The number of rotatable bonds is 7. The molecule has 2 aromatic carbocycles. The summed E-state index contributed by atoms with van der Waals surface area (Å²) in [7, 11) is 3.50.